The number of phenols is 3. The lowest BCUT2D eigenvalue weighted by Gasteiger charge is -2.10. The second-order valence-electron chi connectivity index (χ2n) is 4.10. The lowest BCUT2D eigenvalue weighted by molar-refractivity contribution is 0.0746. The van der Waals surface area contributed by atoms with Gasteiger partial charge in [-0.3, -0.25) is 4.79 Å². The van der Waals surface area contributed by atoms with Crippen molar-refractivity contribution in [2.45, 2.75) is 6.10 Å². The van der Waals surface area contributed by atoms with Crippen molar-refractivity contribution in [2.75, 3.05) is 0 Å². The van der Waals surface area contributed by atoms with E-state index in [9.17, 15) is 20.1 Å². The maximum Gasteiger partial charge on any atom is 0.196 e. The molecule has 0 bridgehead atoms. The van der Waals surface area contributed by atoms with Crippen LogP contribution in [0.25, 0.3) is 0 Å². The number of hydrogen-bond donors (Lipinski definition) is 4. The van der Waals surface area contributed by atoms with Crippen molar-refractivity contribution in [1.82, 2.24) is 0 Å². The zero-order valence-electron chi connectivity index (χ0n) is 9.82. The summed E-state index contributed by atoms with van der Waals surface area (Å²) in [7, 11) is 0. The first kappa shape index (κ1) is 12.9. The van der Waals surface area contributed by atoms with Gasteiger partial charge < -0.3 is 20.4 Å². The van der Waals surface area contributed by atoms with Crippen molar-refractivity contribution in [3.05, 3.63) is 53.6 Å². The highest BCUT2D eigenvalue weighted by molar-refractivity contribution is 6.00. The van der Waals surface area contributed by atoms with Gasteiger partial charge in [-0.15, -0.1) is 0 Å². The molecule has 1 unspecified atom stereocenters. The highest BCUT2D eigenvalue weighted by Crippen LogP contribution is 2.25. The van der Waals surface area contributed by atoms with Crippen LogP contribution in [0.3, 0.4) is 0 Å². The van der Waals surface area contributed by atoms with E-state index in [1.165, 1.54) is 24.3 Å². The Balaban J connectivity index is 2.30. The molecule has 0 aliphatic heterocycles. The molecular formula is C14H12O5. The summed E-state index contributed by atoms with van der Waals surface area (Å²) in [5.74, 6) is -1.15. The molecule has 0 radical (unpaired) electrons. The predicted octanol–water partition coefficient (Wildman–Crippen LogP) is 1.72. The molecule has 0 aliphatic carbocycles. The van der Waals surface area contributed by atoms with E-state index in [-0.39, 0.29) is 22.8 Å². The molecular weight excluding hydrogens is 248 g/mol. The molecule has 0 amide bonds. The Morgan fingerprint density at radius 2 is 1.37 bits per heavy atom. The summed E-state index contributed by atoms with van der Waals surface area (Å²) in [5.41, 5.74) is 0.309. The van der Waals surface area contributed by atoms with E-state index in [2.05, 4.69) is 0 Å². The third-order valence-corrected chi connectivity index (χ3v) is 2.64. The van der Waals surface area contributed by atoms with Crippen molar-refractivity contribution < 1.29 is 25.2 Å². The van der Waals surface area contributed by atoms with Crippen molar-refractivity contribution in [3.63, 3.8) is 0 Å². The molecule has 0 aromatic heterocycles. The maximum absolute atomic E-state index is 12.0. The van der Waals surface area contributed by atoms with Crippen LogP contribution in [0.5, 0.6) is 17.2 Å². The largest absolute Gasteiger partial charge is 0.508 e. The van der Waals surface area contributed by atoms with Crippen LogP contribution >= 0.6 is 0 Å². The molecule has 2 rings (SSSR count). The van der Waals surface area contributed by atoms with Crippen LogP contribution in [0.2, 0.25) is 0 Å². The number of aromatic hydroxyl groups is 3. The number of hydrogen-bond acceptors (Lipinski definition) is 5. The van der Waals surface area contributed by atoms with Crippen LogP contribution < -0.4 is 0 Å². The van der Waals surface area contributed by atoms with Gasteiger partial charge in [0.05, 0.1) is 0 Å². The maximum atomic E-state index is 12.0. The van der Waals surface area contributed by atoms with Crippen molar-refractivity contribution in [3.8, 4) is 17.2 Å². The molecule has 0 fully saturated rings. The van der Waals surface area contributed by atoms with Gasteiger partial charge in [0.15, 0.2) is 5.78 Å². The normalized spacial score (nSPS) is 12.1. The van der Waals surface area contributed by atoms with Gasteiger partial charge in [-0.05, 0) is 29.8 Å². The number of benzene rings is 2. The number of aliphatic hydroxyl groups excluding tert-OH is 1. The zero-order valence-corrected chi connectivity index (χ0v) is 9.82. The molecule has 0 saturated heterocycles. The summed E-state index contributed by atoms with van der Waals surface area (Å²) in [4.78, 5) is 12.0. The first-order valence-corrected chi connectivity index (χ1v) is 5.51. The van der Waals surface area contributed by atoms with Crippen LogP contribution in [0.1, 0.15) is 22.0 Å². The van der Waals surface area contributed by atoms with E-state index in [0.29, 0.717) is 5.56 Å². The van der Waals surface area contributed by atoms with Gasteiger partial charge >= 0.3 is 0 Å². The minimum atomic E-state index is -1.43. The van der Waals surface area contributed by atoms with Crippen molar-refractivity contribution >= 4 is 5.78 Å². The number of carbonyl (C=O) groups excluding carboxylic acids is 1. The topological polar surface area (TPSA) is 98.0 Å². The van der Waals surface area contributed by atoms with E-state index in [0.717, 1.165) is 18.2 Å². The Morgan fingerprint density at radius 1 is 0.842 bits per heavy atom. The molecule has 0 saturated carbocycles. The van der Waals surface area contributed by atoms with E-state index in [4.69, 9.17) is 5.11 Å². The average Bonchev–Trinajstić information content (AvgIpc) is 2.37. The van der Waals surface area contributed by atoms with Crippen molar-refractivity contribution in [1.29, 1.82) is 0 Å². The van der Waals surface area contributed by atoms with Gasteiger partial charge in [0.25, 0.3) is 0 Å². The van der Waals surface area contributed by atoms with E-state index in [1.807, 2.05) is 0 Å². The fourth-order valence-electron chi connectivity index (χ4n) is 1.70. The van der Waals surface area contributed by atoms with Gasteiger partial charge in [-0.1, -0.05) is 12.1 Å². The highest BCUT2D eigenvalue weighted by Gasteiger charge is 2.20. The molecule has 4 N–H and O–H groups in total. The van der Waals surface area contributed by atoms with Gasteiger partial charge in [0, 0.05) is 11.6 Å². The standard InChI is InChI=1S/C14H12O5/c15-10-3-1-8(2-4-10)13(18)14(19)9-5-11(16)7-12(17)6-9/h1-7,13,15-18H. The Hall–Kier alpha value is -2.53. The number of rotatable bonds is 3. The van der Waals surface area contributed by atoms with Gasteiger partial charge in [0.2, 0.25) is 0 Å². The molecule has 5 nitrogen and oxygen atoms in total. The average molecular weight is 260 g/mol. The molecule has 98 valence electrons. The van der Waals surface area contributed by atoms with E-state index < -0.39 is 11.9 Å². The van der Waals surface area contributed by atoms with Gasteiger partial charge in [-0.25, -0.2) is 0 Å². The Kier molecular flexibility index (Phi) is 3.39. The molecule has 2 aromatic carbocycles. The minimum Gasteiger partial charge on any atom is -0.508 e. The molecule has 0 spiro atoms. The van der Waals surface area contributed by atoms with Crippen LogP contribution in [-0.4, -0.2) is 26.2 Å². The summed E-state index contributed by atoms with van der Waals surface area (Å²) in [6.45, 7) is 0. The van der Waals surface area contributed by atoms with Gasteiger partial charge in [-0.2, -0.15) is 0 Å². The monoisotopic (exact) mass is 260 g/mol. The van der Waals surface area contributed by atoms with Crippen LogP contribution in [-0.2, 0) is 0 Å². The molecule has 1 atom stereocenters. The molecule has 2 aromatic rings. The predicted molar refractivity (Wildman–Crippen MR) is 67.2 cm³/mol. The van der Waals surface area contributed by atoms with Crippen LogP contribution in [0.4, 0.5) is 0 Å². The quantitative estimate of drug-likeness (QED) is 0.630. The summed E-state index contributed by atoms with van der Waals surface area (Å²) in [6, 6.07) is 8.94. The zero-order chi connectivity index (χ0) is 14.0. The molecule has 0 aliphatic rings. The first-order chi connectivity index (χ1) is 8.97. The number of ketones is 1. The van der Waals surface area contributed by atoms with Gasteiger partial charge in [0.1, 0.15) is 23.4 Å². The third kappa shape index (κ3) is 2.83. The third-order valence-electron chi connectivity index (χ3n) is 2.64. The summed E-state index contributed by atoms with van der Waals surface area (Å²) >= 11 is 0. The fourth-order valence-corrected chi connectivity index (χ4v) is 1.70. The van der Waals surface area contributed by atoms with Crippen LogP contribution in [0.15, 0.2) is 42.5 Å². The minimum absolute atomic E-state index is 0.00178. The lowest BCUT2D eigenvalue weighted by Crippen LogP contribution is -2.12. The smallest absolute Gasteiger partial charge is 0.196 e. The second kappa shape index (κ2) is 4.99. The fraction of sp³-hybridized carbons (Fsp3) is 0.0714. The van der Waals surface area contributed by atoms with Crippen LogP contribution in [0, 0.1) is 0 Å². The Labute approximate surface area is 109 Å². The SMILES string of the molecule is O=C(c1cc(O)cc(O)c1)C(O)c1ccc(O)cc1. The van der Waals surface area contributed by atoms with E-state index >= 15 is 0 Å². The first-order valence-electron chi connectivity index (χ1n) is 5.51. The number of carbonyl (C=O) groups is 1. The number of aliphatic hydroxyl groups is 1. The Bertz CT molecular complexity index is 583. The highest BCUT2D eigenvalue weighted by atomic mass is 16.3. The summed E-state index contributed by atoms with van der Waals surface area (Å²) < 4.78 is 0. The Morgan fingerprint density at radius 3 is 1.89 bits per heavy atom. The summed E-state index contributed by atoms with van der Waals surface area (Å²) in [6.07, 6.45) is -1.43. The molecule has 5 heteroatoms. The van der Waals surface area contributed by atoms with E-state index in [1.54, 1.807) is 0 Å². The number of Topliss-reactive ketones (excluding diaryl/α,β-unsaturated/α-hetero) is 1. The second-order valence-corrected chi connectivity index (χ2v) is 4.10. The van der Waals surface area contributed by atoms with Crippen molar-refractivity contribution in [2.24, 2.45) is 0 Å². The molecule has 0 heterocycles. The lowest BCUT2D eigenvalue weighted by atomic mass is 9.99. The number of phenolic OH excluding ortho intramolecular Hbond substituents is 3. The summed E-state index contributed by atoms with van der Waals surface area (Å²) in [5, 5.41) is 37.7. The molecule has 19 heavy (non-hydrogen) atoms.